The standard InChI is InChI=1S/C12H16F3NO.ClH/c1-8(2)16-7-10-4-5-11(6-9(10)3)17-12(13,14)15;/h4-6,8,16H,7H2,1-3H3;1H. The van der Waals surface area contributed by atoms with Gasteiger partial charge >= 0.3 is 6.36 Å². The molecule has 0 fully saturated rings. The average molecular weight is 284 g/mol. The number of hydrogen-bond acceptors (Lipinski definition) is 2. The lowest BCUT2D eigenvalue weighted by atomic mass is 10.1. The topological polar surface area (TPSA) is 21.3 Å². The van der Waals surface area contributed by atoms with Crippen LogP contribution in [0.5, 0.6) is 5.75 Å². The highest BCUT2D eigenvalue weighted by molar-refractivity contribution is 5.85. The van der Waals surface area contributed by atoms with Crippen molar-refractivity contribution in [2.75, 3.05) is 0 Å². The molecule has 0 radical (unpaired) electrons. The first-order valence-electron chi connectivity index (χ1n) is 5.36. The van der Waals surface area contributed by atoms with Crippen LogP contribution in [0.2, 0.25) is 0 Å². The number of hydrogen-bond donors (Lipinski definition) is 1. The molecule has 0 spiro atoms. The summed E-state index contributed by atoms with van der Waals surface area (Å²) in [5.41, 5.74) is 1.74. The highest BCUT2D eigenvalue weighted by Crippen LogP contribution is 2.24. The van der Waals surface area contributed by atoms with E-state index >= 15 is 0 Å². The molecule has 0 atom stereocenters. The summed E-state index contributed by atoms with van der Waals surface area (Å²) in [6.45, 7) is 6.42. The third-order valence-corrected chi connectivity index (χ3v) is 2.25. The van der Waals surface area contributed by atoms with Crippen molar-refractivity contribution in [3.8, 4) is 5.75 Å². The molecule has 0 aliphatic rings. The average Bonchev–Trinajstić information content (AvgIpc) is 2.13. The number of benzene rings is 1. The van der Waals surface area contributed by atoms with Crippen molar-refractivity contribution in [1.82, 2.24) is 5.32 Å². The van der Waals surface area contributed by atoms with Gasteiger partial charge in [-0.25, -0.2) is 0 Å². The number of aryl methyl sites for hydroxylation is 1. The Hall–Kier alpha value is -0.940. The van der Waals surface area contributed by atoms with Crippen molar-refractivity contribution in [1.29, 1.82) is 0 Å². The Bertz CT molecular complexity index is 380. The van der Waals surface area contributed by atoms with E-state index in [4.69, 9.17) is 0 Å². The van der Waals surface area contributed by atoms with Gasteiger partial charge in [0.15, 0.2) is 0 Å². The molecule has 1 rings (SSSR count). The molecule has 2 nitrogen and oxygen atoms in total. The summed E-state index contributed by atoms with van der Waals surface area (Å²) in [4.78, 5) is 0. The molecule has 0 aliphatic carbocycles. The van der Waals surface area contributed by atoms with Gasteiger partial charge in [0.2, 0.25) is 0 Å². The first-order chi connectivity index (χ1) is 7.78. The van der Waals surface area contributed by atoms with Crippen LogP contribution in [0.25, 0.3) is 0 Å². The number of alkyl halides is 3. The summed E-state index contributed by atoms with van der Waals surface area (Å²) in [5, 5.41) is 3.21. The van der Waals surface area contributed by atoms with Crippen LogP contribution in [-0.4, -0.2) is 12.4 Å². The van der Waals surface area contributed by atoms with Crippen LogP contribution in [0, 0.1) is 6.92 Å². The van der Waals surface area contributed by atoms with Gasteiger partial charge in [-0.05, 0) is 30.2 Å². The summed E-state index contributed by atoms with van der Waals surface area (Å²) in [6.07, 6.45) is -4.63. The molecule has 6 heteroatoms. The summed E-state index contributed by atoms with van der Waals surface area (Å²) in [7, 11) is 0. The maximum atomic E-state index is 12.0. The van der Waals surface area contributed by atoms with E-state index < -0.39 is 6.36 Å². The number of ether oxygens (including phenoxy) is 1. The van der Waals surface area contributed by atoms with Crippen LogP contribution < -0.4 is 10.1 Å². The number of rotatable bonds is 4. The van der Waals surface area contributed by atoms with Gasteiger partial charge in [0.1, 0.15) is 5.75 Å². The second-order valence-electron chi connectivity index (χ2n) is 4.17. The zero-order valence-corrected chi connectivity index (χ0v) is 11.3. The molecule has 0 amide bonds. The Morgan fingerprint density at radius 3 is 2.33 bits per heavy atom. The molecule has 104 valence electrons. The van der Waals surface area contributed by atoms with Gasteiger partial charge in [-0.3, -0.25) is 0 Å². The van der Waals surface area contributed by atoms with Crippen molar-refractivity contribution in [3.63, 3.8) is 0 Å². The quantitative estimate of drug-likeness (QED) is 0.907. The Morgan fingerprint density at radius 1 is 1.28 bits per heavy atom. The first kappa shape index (κ1) is 17.1. The van der Waals surface area contributed by atoms with E-state index in [0.29, 0.717) is 12.6 Å². The minimum Gasteiger partial charge on any atom is -0.406 e. The molecule has 0 aliphatic heterocycles. The predicted octanol–water partition coefficient (Wildman–Crippen LogP) is 3.81. The van der Waals surface area contributed by atoms with Gasteiger partial charge < -0.3 is 10.1 Å². The summed E-state index contributed by atoms with van der Waals surface area (Å²) in [6, 6.07) is 4.70. The van der Waals surface area contributed by atoms with Crippen LogP contribution >= 0.6 is 12.4 Å². The lowest BCUT2D eigenvalue weighted by molar-refractivity contribution is -0.274. The molecular weight excluding hydrogens is 267 g/mol. The fourth-order valence-electron chi connectivity index (χ4n) is 1.38. The summed E-state index contributed by atoms with van der Waals surface area (Å²) < 4.78 is 39.8. The smallest absolute Gasteiger partial charge is 0.406 e. The summed E-state index contributed by atoms with van der Waals surface area (Å²) >= 11 is 0. The van der Waals surface area contributed by atoms with Crippen molar-refractivity contribution >= 4 is 12.4 Å². The molecule has 0 bridgehead atoms. The van der Waals surface area contributed by atoms with Crippen LogP contribution in [-0.2, 0) is 6.54 Å². The molecule has 1 N–H and O–H groups in total. The van der Waals surface area contributed by atoms with Gasteiger partial charge in [0.05, 0.1) is 0 Å². The van der Waals surface area contributed by atoms with Gasteiger partial charge in [-0.1, -0.05) is 19.9 Å². The molecule has 0 saturated carbocycles. The van der Waals surface area contributed by atoms with Crippen molar-refractivity contribution in [2.45, 2.75) is 39.7 Å². The van der Waals surface area contributed by atoms with Gasteiger partial charge in [-0.2, -0.15) is 0 Å². The fraction of sp³-hybridized carbons (Fsp3) is 0.500. The lowest BCUT2D eigenvalue weighted by Gasteiger charge is -2.13. The highest BCUT2D eigenvalue weighted by atomic mass is 35.5. The third-order valence-electron chi connectivity index (χ3n) is 2.25. The van der Waals surface area contributed by atoms with Crippen LogP contribution in [0.1, 0.15) is 25.0 Å². The number of halogens is 4. The van der Waals surface area contributed by atoms with E-state index in [9.17, 15) is 13.2 Å². The Kier molecular flexibility index (Phi) is 6.49. The SMILES string of the molecule is Cc1cc(OC(F)(F)F)ccc1CNC(C)C.Cl. The number of nitrogens with one attached hydrogen (secondary N) is 1. The van der Waals surface area contributed by atoms with E-state index in [2.05, 4.69) is 10.1 Å². The van der Waals surface area contributed by atoms with E-state index in [1.165, 1.54) is 12.1 Å². The second-order valence-corrected chi connectivity index (χ2v) is 4.17. The Balaban J connectivity index is 0.00000289. The van der Waals surface area contributed by atoms with Crippen LogP contribution in [0.15, 0.2) is 18.2 Å². The van der Waals surface area contributed by atoms with Gasteiger partial charge in [0.25, 0.3) is 0 Å². The normalized spacial score (nSPS) is 11.3. The monoisotopic (exact) mass is 283 g/mol. The van der Waals surface area contributed by atoms with E-state index in [1.807, 2.05) is 13.8 Å². The minimum atomic E-state index is -4.63. The van der Waals surface area contributed by atoms with E-state index in [0.717, 1.165) is 11.1 Å². The van der Waals surface area contributed by atoms with Crippen molar-refractivity contribution in [2.24, 2.45) is 0 Å². The second kappa shape index (κ2) is 6.85. The highest BCUT2D eigenvalue weighted by Gasteiger charge is 2.31. The maximum Gasteiger partial charge on any atom is 0.573 e. The van der Waals surface area contributed by atoms with E-state index in [-0.39, 0.29) is 18.2 Å². The third kappa shape index (κ3) is 6.12. The zero-order chi connectivity index (χ0) is 13.1. The zero-order valence-electron chi connectivity index (χ0n) is 10.5. The largest absolute Gasteiger partial charge is 0.573 e. The van der Waals surface area contributed by atoms with Crippen molar-refractivity contribution < 1.29 is 17.9 Å². The minimum absolute atomic E-state index is 0. The molecule has 1 aromatic rings. The Labute approximate surface area is 111 Å². The Morgan fingerprint density at radius 2 is 1.89 bits per heavy atom. The van der Waals surface area contributed by atoms with Crippen molar-refractivity contribution in [3.05, 3.63) is 29.3 Å². The molecule has 0 aromatic heterocycles. The lowest BCUT2D eigenvalue weighted by Crippen LogP contribution is -2.22. The maximum absolute atomic E-state index is 12.0. The fourth-order valence-corrected chi connectivity index (χ4v) is 1.38. The van der Waals surface area contributed by atoms with Crippen LogP contribution in [0.4, 0.5) is 13.2 Å². The molecular formula is C12H17ClF3NO. The van der Waals surface area contributed by atoms with E-state index in [1.54, 1.807) is 13.0 Å². The van der Waals surface area contributed by atoms with Gasteiger partial charge in [0, 0.05) is 12.6 Å². The molecule has 18 heavy (non-hydrogen) atoms. The van der Waals surface area contributed by atoms with Gasteiger partial charge in [-0.15, -0.1) is 25.6 Å². The first-order valence-corrected chi connectivity index (χ1v) is 5.36. The summed E-state index contributed by atoms with van der Waals surface area (Å²) in [5.74, 6) is -0.178. The predicted molar refractivity (Wildman–Crippen MR) is 67.1 cm³/mol. The molecule has 0 unspecified atom stereocenters. The molecule has 0 saturated heterocycles. The molecule has 0 heterocycles. The molecule has 1 aromatic carbocycles. The van der Waals surface area contributed by atoms with Crippen LogP contribution in [0.3, 0.4) is 0 Å².